The molecule has 1 atom stereocenters. The van der Waals surface area contributed by atoms with Crippen LogP contribution in [0.2, 0.25) is 0 Å². The highest BCUT2D eigenvalue weighted by molar-refractivity contribution is 14.0. The van der Waals surface area contributed by atoms with Crippen molar-refractivity contribution in [2.45, 2.75) is 44.2 Å². The Kier molecular flexibility index (Phi) is 9.71. The number of nitrogens with two attached hydrogens (primary N) is 1. The number of guanidine groups is 1. The van der Waals surface area contributed by atoms with Crippen molar-refractivity contribution in [3.05, 3.63) is 59.4 Å². The van der Waals surface area contributed by atoms with Gasteiger partial charge in [-0.2, -0.15) is 0 Å². The van der Waals surface area contributed by atoms with Gasteiger partial charge in [0.15, 0.2) is 17.5 Å². The first-order chi connectivity index (χ1) is 14.8. The number of nitrogens with one attached hydrogen (secondary N) is 2. The van der Waals surface area contributed by atoms with Gasteiger partial charge in [0.25, 0.3) is 0 Å². The molecule has 176 valence electrons. The number of benzene rings is 2. The van der Waals surface area contributed by atoms with Crippen LogP contribution >= 0.6 is 24.0 Å². The third-order valence-electron chi connectivity index (χ3n) is 5.00. The Bertz CT molecular complexity index is 1030. The van der Waals surface area contributed by atoms with E-state index in [-0.39, 0.29) is 46.5 Å². The van der Waals surface area contributed by atoms with Crippen molar-refractivity contribution in [2.75, 3.05) is 13.2 Å². The molecule has 1 unspecified atom stereocenters. The fraction of sp³-hybridized carbons (Fsp3) is 0.409. The van der Waals surface area contributed by atoms with E-state index in [4.69, 9.17) is 9.88 Å². The Morgan fingerprint density at radius 3 is 2.50 bits per heavy atom. The van der Waals surface area contributed by atoms with Crippen LogP contribution in [0.25, 0.3) is 0 Å². The van der Waals surface area contributed by atoms with Crippen LogP contribution < -0.4 is 20.5 Å². The third-order valence-corrected chi connectivity index (χ3v) is 5.93. The summed E-state index contributed by atoms with van der Waals surface area (Å²) in [4.78, 5) is 4.59. The maximum atomic E-state index is 14.4. The third kappa shape index (κ3) is 7.89. The topological polar surface area (TPSA) is 106 Å². The Morgan fingerprint density at radius 2 is 1.94 bits per heavy atom. The van der Waals surface area contributed by atoms with Crippen LogP contribution in [-0.4, -0.2) is 27.5 Å². The molecular formula is C22H30FIN4O3S. The summed E-state index contributed by atoms with van der Waals surface area (Å²) in [5.41, 5.74) is 1.61. The minimum Gasteiger partial charge on any atom is -0.490 e. The quantitative estimate of drug-likeness (QED) is 0.240. The van der Waals surface area contributed by atoms with Crippen LogP contribution in [0.4, 0.5) is 4.39 Å². The van der Waals surface area contributed by atoms with Crippen LogP contribution in [0.1, 0.15) is 43.9 Å². The molecule has 7 nitrogen and oxygen atoms in total. The highest BCUT2D eigenvalue weighted by atomic mass is 127. The van der Waals surface area contributed by atoms with Crippen molar-refractivity contribution in [1.29, 1.82) is 0 Å². The minimum absolute atomic E-state index is 0. The summed E-state index contributed by atoms with van der Waals surface area (Å²) in [5, 5.41) is 11.5. The van der Waals surface area contributed by atoms with Gasteiger partial charge >= 0.3 is 0 Å². The van der Waals surface area contributed by atoms with E-state index in [1.165, 1.54) is 18.2 Å². The Balaban J connectivity index is 0.00000363. The Labute approximate surface area is 206 Å². The molecule has 0 aromatic heterocycles. The molecule has 0 aliphatic heterocycles. The molecule has 1 aliphatic rings. The van der Waals surface area contributed by atoms with Crippen molar-refractivity contribution in [1.82, 2.24) is 10.6 Å². The van der Waals surface area contributed by atoms with Crippen LogP contribution in [0.3, 0.4) is 0 Å². The summed E-state index contributed by atoms with van der Waals surface area (Å²) in [5.74, 6) is 1.05. The second kappa shape index (κ2) is 11.8. The van der Waals surface area contributed by atoms with Crippen molar-refractivity contribution in [3.63, 3.8) is 0 Å². The van der Waals surface area contributed by atoms with E-state index in [2.05, 4.69) is 15.6 Å². The molecule has 2 aromatic rings. The number of hydrogen-bond donors (Lipinski definition) is 3. The molecule has 4 N–H and O–H groups in total. The predicted octanol–water partition coefficient (Wildman–Crippen LogP) is 3.70. The zero-order valence-corrected chi connectivity index (χ0v) is 21.3. The number of primary sulfonamides is 1. The van der Waals surface area contributed by atoms with Gasteiger partial charge in [0.2, 0.25) is 10.0 Å². The average Bonchev–Trinajstić information content (AvgIpc) is 3.55. The molecule has 32 heavy (non-hydrogen) atoms. The summed E-state index contributed by atoms with van der Waals surface area (Å²) in [7, 11) is -3.72. The SMILES string of the molecule is CCNC(=NCc1ccc(S(N)(=O)=O)cc1)NC(C)c1ccc(OCC2CC2)c(F)c1.I. The summed E-state index contributed by atoms with van der Waals surface area (Å²) in [6.07, 6.45) is 2.31. The van der Waals surface area contributed by atoms with E-state index in [0.717, 1.165) is 24.0 Å². The Morgan fingerprint density at radius 1 is 1.25 bits per heavy atom. The van der Waals surface area contributed by atoms with Crippen LogP contribution in [0, 0.1) is 11.7 Å². The molecule has 3 rings (SSSR count). The van der Waals surface area contributed by atoms with Crippen molar-refractivity contribution in [3.8, 4) is 5.75 Å². The summed E-state index contributed by atoms with van der Waals surface area (Å²) < 4.78 is 42.7. The minimum atomic E-state index is -3.72. The lowest BCUT2D eigenvalue weighted by molar-refractivity contribution is 0.285. The zero-order valence-electron chi connectivity index (χ0n) is 18.2. The summed E-state index contributed by atoms with van der Waals surface area (Å²) in [6.45, 7) is 5.45. The van der Waals surface area contributed by atoms with E-state index in [1.807, 2.05) is 19.9 Å². The monoisotopic (exact) mass is 576 g/mol. The number of sulfonamides is 1. The molecule has 2 aromatic carbocycles. The molecule has 1 saturated carbocycles. The van der Waals surface area contributed by atoms with Crippen LogP contribution in [0.5, 0.6) is 5.75 Å². The lowest BCUT2D eigenvalue weighted by Gasteiger charge is -2.19. The van der Waals surface area contributed by atoms with Gasteiger partial charge in [-0.05, 0) is 68.0 Å². The molecule has 0 saturated heterocycles. The second-order valence-corrected chi connectivity index (χ2v) is 9.26. The van der Waals surface area contributed by atoms with Gasteiger partial charge in [-0.15, -0.1) is 24.0 Å². The Hall–Kier alpha value is -1.92. The summed E-state index contributed by atoms with van der Waals surface area (Å²) >= 11 is 0. The van der Waals surface area contributed by atoms with Gasteiger partial charge in [-0.1, -0.05) is 18.2 Å². The van der Waals surface area contributed by atoms with E-state index in [1.54, 1.807) is 18.2 Å². The smallest absolute Gasteiger partial charge is 0.238 e. The standard InChI is InChI=1S/C22H29FN4O3S.HI/c1-3-25-22(26-13-16-6-9-19(10-7-16)31(24,28)29)27-15(2)18-8-11-21(20(23)12-18)30-14-17-4-5-17;/h6-12,15,17H,3-5,13-14H2,1-2H3,(H2,24,28,29)(H2,25,26,27);1H. The largest absolute Gasteiger partial charge is 0.490 e. The maximum absolute atomic E-state index is 14.4. The normalized spacial score (nSPS) is 14.9. The van der Waals surface area contributed by atoms with E-state index in [9.17, 15) is 12.8 Å². The molecule has 0 spiro atoms. The number of aliphatic imine (C=N–C) groups is 1. The molecular weight excluding hydrogens is 546 g/mol. The lowest BCUT2D eigenvalue weighted by Crippen LogP contribution is -2.38. The van der Waals surface area contributed by atoms with Crippen molar-refractivity contribution in [2.24, 2.45) is 16.0 Å². The maximum Gasteiger partial charge on any atom is 0.238 e. The highest BCUT2D eigenvalue weighted by Gasteiger charge is 2.22. The van der Waals surface area contributed by atoms with Gasteiger partial charge < -0.3 is 15.4 Å². The number of nitrogens with zero attached hydrogens (tertiary/aromatic N) is 1. The first-order valence-corrected chi connectivity index (χ1v) is 11.9. The first kappa shape index (κ1) is 26.3. The van der Waals surface area contributed by atoms with Crippen molar-refractivity contribution < 1.29 is 17.5 Å². The van der Waals surface area contributed by atoms with Gasteiger partial charge in [0.05, 0.1) is 24.1 Å². The van der Waals surface area contributed by atoms with Crippen LogP contribution in [0.15, 0.2) is 52.4 Å². The van der Waals surface area contributed by atoms with Gasteiger partial charge in [0.1, 0.15) is 0 Å². The number of halogens is 2. The van der Waals surface area contributed by atoms with Gasteiger partial charge in [-0.3, -0.25) is 0 Å². The molecule has 0 heterocycles. The van der Waals surface area contributed by atoms with Crippen molar-refractivity contribution >= 4 is 40.0 Å². The first-order valence-electron chi connectivity index (χ1n) is 10.3. The van der Waals surface area contributed by atoms with E-state index >= 15 is 0 Å². The average molecular weight is 576 g/mol. The second-order valence-electron chi connectivity index (χ2n) is 7.69. The van der Waals surface area contributed by atoms with Gasteiger partial charge in [0, 0.05) is 6.54 Å². The molecule has 1 fully saturated rings. The lowest BCUT2D eigenvalue weighted by atomic mass is 10.1. The van der Waals surface area contributed by atoms with E-state index in [0.29, 0.717) is 31.6 Å². The predicted molar refractivity (Wildman–Crippen MR) is 134 cm³/mol. The number of rotatable bonds is 9. The van der Waals surface area contributed by atoms with E-state index < -0.39 is 10.0 Å². The van der Waals surface area contributed by atoms with Gasteiger partial charge in [-0.25, -0.2) is 22.9 Å². The highest BCUT2D eigenvalue weighted by Crippen LogP contribution is 2.30. The zero-order chi connectivity index (χ0) is 22.4. The summed E-state index contributed by atoms with van der Waals surface area (Å²) in [6, 6.07) is 11.1. The fourth-order valence-corrected chi connectivity index (χ4v) is 3.47. The molecule has 10 heteroatoms. The number of hydrogen-bond acceptors (Lipinski definition) is 4. The molecule has 0 radical (unpaired) electrons. The number of ether oxygens (including phenoxy) is 1. The fourth-order valence-electron chi connectivity index (χ4n) is 2.96. The molecule has 1 aliphatic carbocycles. The van der Waals surface area contributed by atoms with Crippen LogP contribution in [-0.2, 0) is 16.6 Å². The molecule has 0 amide bonds. The molecule has 0 bridgehead atoms.